The van der Waals surface area contributed by atoms with Gasteiger partial charge in [-0.3, -0.25) is 0 Å². The highest BCUT2D eigenvalue weighted by Gasteiger charge is 2.19. The summed E-state index contributed by atoms with van der Waals surface area (Å²) in [4.78, 5) is 16.0. The third-order valence-electron chi connectivity index (χ3n) is 3.86. The van der Waals surface area contributed by atoms with Crippen molar-refractivity contribution in [3.63, 3.8) is 0 Å². The molecule has 7 nitrogen and oxygen atoms in total. The summed E-state index contributed by atoms with van der Waals surface area (Å²) in [5, 5.41) is 0.446. The summed E-state index contributed by atoms with van der Waals surface area (Å²) in [6.07, 6.45) is 0. The molecule has 1 heterocycles. The summed E-state index contributed by atoms with van der Waals surface area (Å²) in [5.41, 5.74) is 2.49. The number of esters is 1. The minimum Gasteiger partial charge on any atom is -0.465 e. The molecule has 3 aromatic rings. The summed E-state index contributed by atoms with van der Waals surface area (Å²) in [6.45, 7) is 0. The molecule has 0 saturated carbocycles. The van der Waals surface area contributed by atoms with E-state index in [1.807, 2.05) is 12.1 Å². The van der Waals surface area contributed by atoms with E-state index >= 15 is 0 Å². The van der Waals surface area contributed by atoms with Crippen LogP contribution < -0.4 is 0 Å². The smallest absolute Gasteiger partial charge is 0.337 e. The van der Waals surface area contributed by atoms with Crippen LogP contribution in [0.25, 0.3) is 11.1 Å². The lowest BCUT2D eigenvalue weighted by atomic mass is 10.1. The molecule has 0 radical (unpaired) electrons. The van der Waals surface area contributed by atoms with Crippen molar-refractivity contribution in [2.24, 2.45) is 0 Å². The quantitative estimate of drug-likeness (QED) is 0.459. The van der Waals surface area contributed by atoms with Crippen molar-refractivity contribution in [3.05, 3.63) is 53.6 Å². The first-order valence-corrected chi connectivity index (χ1v) is 10.4. The van der Waals surface area contributed by atoms with Crippen LogP contribution in [0.15, 0.2) is 57.0 Å². The van der Waals surface area contributed by atoms with E-state index in [0.717, 1.165) is 9.87 Å². The summed E-state index contributed by atoms with van der Waals surface area (Å²) in [6, 6.07) is 11.7. The van der Waals surface area contributed by atoms with Gasteiger partial charge in [0.2, 0.25) is 10.0 Å². The van der Waals surface area contributed by atoms with Gasteiger partial charge in [0.15, 0.2) is 5.58 Å². The molecule has 0 fully saturated rings. The van der Waals surface area contributed by atoms with Crippen molar-refractivity contribution in [2.75, 3.05) is 21.2 Å². The normalized spacial score (nSPS) is 11.9. The van der Waals surface area contributed by atoms with E-state index < -0.39 is 10.0 Å². The molecule has 0 atom stereocenters. The van der Waals surface area contributed by atoms with Crippen LogP contribution in [0.2, 0.25) is 0 Å². The number of carbonyl (C=O) groups excluding carboxylic acids is 1. The molecular weight excluding hydrogens is 388 g/mol. The Kier molecular flexibility index (Phi) is 5.54. The topological polar surface area (TPSA) is 89.7 Å². The Bertz CT molecular complexity index is 1070. The molecule has 3 rings (SSSR count). The number of benzene rings is 2. The first-order valence-electron chi connectivity index (χ1n) is 7.94. The first-order chi connectivity index (χ1) is 12.8. The Hall–Kier alpha value is -2.36. The third-order valence-corrected chi connectivity index (χ3v) is 6.57. The summed E-state index contributed by atoms with van der Waals surface area (Å²) in [5.74, 6) is 0.216. The van der Waals surface area contributed by atoms with E-state index in [2.05, 4.69) is 9.72 Å². The van der Waals surface area contributed by atoms with E-state index in [4.69, 9.17) is 4.42 Å². The Morgan fingerprint density at radius 2 is 1.89 bits per heavy atom. The Labute approximate surface area is 161 Å². The highest BCUT2D eigenvalue weighted by Crippen LogP contribution is 2.28. The fraction of sp³-hybridized carbons (Fsp3) is 0.222. The predicted octanol–water partition coefficient (Wildman–Crippen LogP) is 3.16. The molecule has 0 N–H and O–H groups in total. The lowest BCUT2D eigenvalue weighted by molar-refractivity contribution is 0.0600. The lowest BCUT2D eigenvalue weighted by Gasteiger charge is -2.10. The van der Waals surface area contributed by atoms with Crippen LogP contribution >= 0.6 is 11.8 Å². The van der Waals surface area contributed by atoms with Gasteiger partial charge in [-0.1, -0.05) is 23.9 Å². The van der Waals surface area contributed by atoms with Gasteiger partial charge in [-0.2, -0.15) is 0 Å². The standard InChI is InChI=1S/C18H18N2O5S2/c1-20(2)27(22,23)14-8-9-16-15(10-14)19-18(25-16)26-11-12-4-6-13(7-5-12)17(21)24-3/h4-10H,11H2,1-3H3. The van der Waals surface area contributed by atoms with Crippen molar-refractivity contribution < 1.29 is 22.4 Å². The molecule has 27 heavy (non-hydrogen) atoms. The fourth-order valence-electron chi connectivity index (χ4n) is 2.32. The zero-order valence-electron chi connectivity index (χ0n) is 15.0. The number of hydrogen-bond acceptors (Lipinski definition) is 7. The molecule has 0 aliphatic rings. The Morgan fingerprint density at radius 3 is 2.52 bits per heavy atom. The van der Waals surface area contributed by atoms with Gasteiger partial charge in [0.05, 0.1) is 17.6 Å². The van der Waals surface area contributed by atoms with Crippen molar-refractivity contribution >= 4 is 38.9 Å². The molecular formula is C18H18N2O5S2. The van der Waals surface area contributed by atoms with E-state index in [-0.39, 0.29) is 10.9 Å². The average molecular weight is 406 g/mol. The van der Waals surface area contributed by atoms with Crippen molar-refractivity contribution in [1.29, 1.82) is 0 Å². The van der Waals surface area contributed by atoms with Crippen LogP contribution in [-0.2, 0) is 20.5 Å². The number of oxazole rings is 1. The van der Waals surface area contributed by atoms with Gasteiger partial charge in [0.1, 0.15) is 5.52 Å². The molecule has 0 aliphatic heterocycles. The van der Waals surface area contributed by atoms with Crippen LogP contribution in [0.4, 0.5) is 0 Å². The van der Waals surface area contributed by atoms with Gasteiger partial charge in [-0.05, 0) is 35.9 Å². The summed E-state index contributed by atoms with van der Waals surface area (Å²) < 4.78 is 35.9. The zero-order valence-corrected chi connectivity index (χ0v) is 16.6. The summed E-state index contributed by atoms with van der Waals surface area (Å²) >= 11 is 1.39. The monoisotopic (exact) mass is 406 g/mol. The second kappa shape index (κ2) is 7.71. The van der Waals surface area contributed by atoms with Gasteiger partial charge in [-0.25, -0.2) is 22.5 Å². The van der Waals surface area contributed by atoms with Crippen LogP contribution in [0, 0.1) is 0 Å². The van der Waals surface area contributed by atoms with E-state index in [1.165, 1.54) is 45.1 Å². The number of nitrogens with zero attached hydrogens (tertiary/aromatic N) is 2. The van der Waals surface area contributed by atoms with Gasteiger partial charge >= 0.3 is 5.97 Å². The number of methoxy groups -OCH3 is 1. The first kappa shape index (κ1) is 19.4. The molecule has 0 spiro atoms. The molecule has 2 aromatic carbocycles. The van der Waals surface area contributed by atoms with Crippen molar-refractivity contribution in [1.82, 2.24) is 9.29 Å². The maximum Gasteiger partial charge on any atom is 0.337 e. The molecule has 0 bridgehead atoms. The second-order valence-corrected chi connectivity index (χ2v) is 8.95. The van der Waals surface area contributed by atoms with Crippen LogP contribution in [0.1, 0.15) is 15.9 Å². The fourth-order valence-corrected chi connectivity index (χ4v) is 4.04. The van der Waals surface area contributed by atoms with E-state index in [1.54, 1.807) is 18.2 Å². The third kappa shape index (κ3) is 4.15. The van der Waals surface area contributed by atoms with Crippen LogP contribution in [-0.4, -0.2) is 44.9 Å². The second-order valence-electron chi connectivity index (χ2n) is 5.87. The van der Waals surface area contributed by atoms with E-state index in [9.17, 15) is 13.2 Å². The zero-order chi connectivity index (χ0) is 19.6. The Morgan fingerprint density at radius 1 is 1.19 bits per heavy atom. The molecule has 0 amide bonds. The van der Waals surface area contributed by atoms with Gasteiger partial charge in [0.25, 0.3) is 5.22 Å². The van der Waals surface area contributed by atoms with Crippen LogP contribution in [0.5, 0.6) is 0 Å². The van der Waals surface area contributed by atoms with Gasteiger partial charge < -0.3 is 9.15 Å². The largest absolute Gasteiger partial charge is 0.465 e. The minimum atomic E-state index is -3.52. The average Bonchev–Trinajstić information content (AvgIpc) is 3.08. The lowest BCUT2D eigenvalue weighted by Crippen LogP contribution is -2.22. The number of fused-ring (bicyclic) bond motifs is 1. The highest BCUT2D eigenvalue weighted by atomic mass is 32.2. The Balaban J connectivity index is 1.75. The van der Waals surface area contributed by atoms with E-state index in [0.29, 0.717) is 27.6 Å². The number of carbonyl (C=O) groups is 1. The number of rotatable bonds is 6. The predicted molar refractivity (Wildman–Crippen MR) is 102 cm³/mol. The maximum absolute atomic E-state index is 12.2. The SMILES string of the molecule is COC(=O)c1ccc(CSc2nc3cc(S(=O)(=O)N(C)C)ccc3o2)cc1. The summed E-state index contributed by atoms with van der Waals surface area (Å²) in [7, 11) is 0.784. The molecule has 0 saturated heterocycles. The molecule has 1 aromatic heterocycles. The number of hydrogen-bond donors (Lipinski definition) is 0. The van der Waals surface area contributed by atoms with Crippen LogP contribution in [0.3, 0.4) is 0 Å². The number of ether oxygens (including phenoxy) is 1. The maximum atomic E-state index is 12.2. The molecule has 142 valence electrons. The number of aromatic nitrogens is 1. The minimum absolute atomic E-state index is 0.170. The molecule has 0 unspecified atom stereocenters. The van der Waals surface area contributed by atoms with Gasteiger partial charge in [-0.15, -0.1) is 0 Å². The van der Waals surface area contributed by atoms with Gasteiger partial charge in [0, 0.05) is 19.8 Å². The number of sulfonamides is 1. The molecule has 9 heteroatoms. The molecule has 0 aliphatic carbocycles. The van der Waals surface area contributed by atoms with Crippen molar-refractivity contribution in [3.8, 4) is 0 Å². The van der Waals surface area contributed by atoms with Crippen molar-refractivity contribution in [2.45, 2.75) is 15.9 Å². The number of thioether (sulfide) groups is 1. The highest BCUT2D eigenvalue weighted by molar-refractivity contribution is 7.98.